The molecule has 7 unspecified atom stereocenters. The number of carboxylic acid groups (broad SMARTS) is 2. The highest BCUT2D eigenvalue weighted by Crippen LogP contribution is 2.14. The molecule has 0 aliphatic heterocycles. The Morgan fingerprint density at radius 2 is 0.938 bits per heavy atom. The summed E-state index contributed by atoms with van der Waals surface area (Å²) in [5.74, 6) is -11.5. The normalized spacial score (nSPS) is 14.2. The quantitative estimate of drug-likeness (QED) is 0.0383. The van der Waals surface area contributed by atoms with Crippen LogP contribution >= 0.6 is 12.6 Å². The molecule has 0 aliphatic rings. The number of primary amides is 2. The highest BCUT2D eigenvalue weighted by atomic mass is 32.1. The monoisotopic (exact) mass is 931 g/mol. The van der Waals surface area contributed by atoms with Crippen LogP contribution in [0.5, 0.6) is 11.5 Å². The molecule has 23 nitrogen and oxygen atoms in total. The van der Waals surface area contributed by atoms with E-state index in [-0.39, 0.29) is 49.5 Å². The van der Waals surface area contributed by atoms with Crippen molar-refractivity contribution in [3.63, 3.8) is 0 Å². The Morgan fingerprint density at radius 1 is 0.538 bits per heavy atom. The maximum absolute atomic E-state index is 14.0. The zero-order valence-electron chi connectivity index (χ0n) is 35.7. The van der Waals surface area contributed by atoms with Crippen molar-refractivity contribution in [2.24, 2.45) is 23.1 Å². The number of carboxylic acids is 2. The summed E-state index contributed by atoms with van der Waals surface area (Å²) in [6.45, 7) is 3.42. The van der Waals surface area contributed by atoms with Crippen LogP contribution in [-0.4, -0.2) is 128 Å². The van der Waals surface area contributed by atoms with E-state index in [4.69, 9.17) is 17.2 Å². The number of phenolic OH excluding ortho intramolecular Hbond substituents is 2. The molecule has 0 saturated carbocycles. The van der Waals surface area contributed by atoms with Gasteiger partial charge in [-0.3, -0.25) is 43.2 Å². The van der Waals surface area contributed by atoms with Gasteiger partial charge in [-0.1, -0.05) is 38.1 Å². The molecule has 0 fully saturated rings. The average Bonchev–Trinajstić information content (AvgIpc) is 3.22. The van der Waals surface area contributed by atoms with Gasteiger partial charge in [0.1, 0.15) is 47.8 Å². The van der Waals surface area contributed by atoms with Crippen molar-refractivity contribution in [2.75, 3.05) is 5.75 Å². The molecule has 0 aliphatic carbocycles. The highest BCUT2D eigenvalue weighted by Gasteiger charge is 2.34. The first-order valence-electron chi connectivity index (χ1n) is 20.2. The predicted molar refractivity (Wildman–Crippen MR) is 233 cm³/mol. The van der Waals surface area contributed by atoms with Crippen LogP contribution < -0.4 is 49.1 Å². The lowest BCUT2D eigenvalue weighted by Crippen LogP contribution is -2.60. The van der Waals surface area contributed by atoms with E-state index >= 15 is 0 Å². The molecular weight excluding hydrogens is 875 g/mol. The van der Waals surface area contributed by atoms with Crippen molar-refractivity contribution in [3.8, 4) is 11.5 Å². The van der Waals surface area contributed by atoms with Crippen molar-refractivity contribution in [3.05, 3.63) is 59.7 Å². The Hall–Kier alpha value is -6.95. The minimum absolute atomic E-state index is 0.00261. The van der Waals surface area contributed by atoms with Crippen LogP contribution in [0.3, 0.4) is 0 Å². The van der Waals surface area contributed by atoms with Crippen LogP contribution in [0.4, 0.5) is 0 Å². The number of carbonyl (C=O) groups is 10. The van der Waals surface area contributed by atoms with E-state index in [2.05, 4.69) is 44.5 Å². The summed E-state index contributed by atoms with van der Waals surface area (Å²) in [4.78, 5) is 128. The number of benzene rings is 2. The molecule has 0 heterocycles. The molecule has 356 valence electrons. The fourth-order valence-electron chi connectivity index (χ4n) is 6.09. The number of rotatable bonds is 28. The zero-order valence-corrected chi connectivity index (χ0v) is 36.5. The highest BCUT2D eigenvalue weighted by molar-refractivity contribution is 7.80. The second kappa shape index (κ2) is 26.6. The summed E-state index contributed by atoms with van der Waals surface area (Å²) < 4.78 is 0. The molecular formula is C41H57N9O14S. The maximum Gasteiger partial charge on any atom is 0.326 e. The zero-order chi connectivity index (χ0) is 49.0. The van der Waals surface area contributed by atoms with Gasteiger partial charge >= 0.3 is 11.9 Å². The van der Waals surface area contributed by atoms with E-state index in [1.54, 1.807) is 26.0 Å². The third kappa shape index (κ3) is 20.0. The molecule has 8 amide bonds. The number of hydrogen-bond donors (Lipinski definition) is 14. The van der Waals surface area contributed by atoms with Crippen molar-refractivity contribution in [2.45, 2.75) is 108 Å². The number of aromatic hydroxyl groups is 2. The van der Waals surface area contributed by atoms with Gasteiger partial charge in [0.2, 0.25) is 47.3 Å². The molecule has 0 spiro atoms. The Kier molecular flexibility index (Phi) is 22.2. The number of thiol groups is 1. The summed E-state index contributed by atoms with van der Waals surface area (Å²) in [6.07, 6.45) is -2.99. The van der Waals surface area contributed by atoms with Crippen molar-refractivity contribution in [1.82, 2.24) is 31.9 Å². The molecule has 24 heteroatoms. The summed E-state index contributed by atoms with van der Waals surface area (Å²) in [6, 6.07) is 0.702. The van der Waals surface area contributed by atoms with E-state index in [0.717, 1.165) is 0 Å². The molecule has 0 radical (unpaired) electrons. The van der Waals surface area contributed by atoms with Gasteiger partial charge in [-0.05, 0) is 67.0 Å². The fourth-order valence-corrected chi connectivity index (χ4v) is 6.34. The van der Waals surface area contributed by atoms with E-state index in [9.17, 15) is 68.4 Å². The Bertz CT molecular complexity index is 2020. The summed E-state index contributed by atoms with van der Waals surface area (Å²) >= 11 is 4.07. The SMILES string of the molecule is CC(C)CC(NC(=O)C(CCC(N)=O)NC(=O)C(N)Cc1ccc(O)cc1)C(=O)NC(CCC(=O)O)C(=O)NC(Cc1ccc(O)cc1)C(=O)NC(CS)C(=O)NC(CC(N)=O)C(=O)O. The van der Waals surface area contributed by atoms with Gasteiger partial charge < -0.3 is 69.5 Å². The maximum atomic E-state index is 14.0. The molecule has 16 N–H and O–H groups in total. The molecule has 2 rings (SSSR count). The van der Waals surface area contributed by atoms with Crippen molar-refractivity contribution >= 4 is 71.8 Å². The number of nitrogens with one attached hydrogen (secondary N) is 6. The largest absolute Gasteiger partial charge is 0.508 e. The van der Waals surface area contributed by atoms with Gasteiger partial charge in [-0.2, -0.15) is 12.6 Å². The molecule has 0 saturated heterocycles. The minimum atomic E-state index is -1.75. The lowest BCUT2D eigenvalue weighted by Gasteiger charge is -2.28. The number of amides is 8. The Balaban J connectivity index is 2.40. The second-order valence-corrected chi connectivity index (χ2v) is 15.8. The third-order valence-corrected chi connectivity index (χ3v) is 9.87. The average molecular weight is 932 g/mol. The Morgan fingerprint density at radius 3 is 1.40 bits per heavy atom. The van der Waals surface area contributed by atoms with Gasteiger partial charge in [0.25, 0.3) is 0 Å². The standard InChI is InChI=1S/C41H57N9O14S/c1-20(2)15-28(47-36(58)26(11-13-32(43)53)45-35(57)25(42)16-21-3-7-23(51)8-4-21)38(60)46-27(12-14-34(55)56)37(59)48-29(17-22-5-9-24(52)10-6-22)39(61)50-31(19-65)40(62)49-30(41(63)64)18-33(44)54/h3-10,20,25-31,51-52,65H,11-19,42H2,1-2H3,(H2,43,53)(H2,44,54)(H,45,57)(H,46,60)(H,47,58)(H,48,59)(H,49,62)(H,50,61)(H,55,56)(H,63,64). The third-order valence-electron chi connectivity index (χ3n) is 9.51. The van der Waals surface area contributed by atoms with Crippen LogP contribution in [0.1, 0.15) is 63.5 Å². The van der Waals surface area contributed by atoms with Crippen LogP contribution in [0, 0.1) is 5.92 Å². The predicted octanol–water partition coefficient (Wildman–Crippen LogP) is -2.81. The van der Waals surface area contributed by atoms with Gasteiger partial charge in [-0.15, -0.1) is 0 Å². The number of aliphatic carboxylic acids is 2. The van der Waals surface area contributed by atoms with Crippen molar-refractivity contribution < 1.29 is 68.4 Å². The van der Waals surface area contributed by atoms with Crippen LogP contribution in [-0.2, 0) is 60.8 Å². The van der Waals surface area contributed by atoms with Crippen LogP contribution in [0.25, 0.3) is 0 Å². The molecule has 2 aromatic carbocycles. The first kappa shape index (κ1) is 54.2. The summed E-state index contributed by atoms with van der Waals surface area (Å²) in [5.41, 5.74) is 17.5. The van der Waals surface area contributed by atoms with E-state index in [1.807, 2.05) is 0 Å². The first-order chi connectivity index (χ1) is 30.5. The van der Waals surface area contributed by atoms with Gasteiger partial charge in [-0.25, -0.2) is 4.79 Å². The smallest absolute Gasteiger partial charge is 0.326 e. The number of carbonyl (C=O) groups excluding carboxylic acids is 8. The van der Waals surface area contributed by atoms with Gasteiger partial charge in [0.05, 0.1) is 12.5 Å². The number of phenols is 2. The molecule has 0 bridgehead atoms. The van der Waals surface area contributed by atoms with E-state index in [0.29, 0.717) is 11.1 Å². The van der Waals surface area contributed by atoms with Gasteiger partial charge in [0, 0.05) is 25.0 Å². The number of nitrogens with two attached hydrogens (primary N) is 3. The fraction of sp³-hybridized carbons (Fsp3) is 0.463. The molecule has 65 heavy (non-hydrogen) atoms. The summed E-state index contributed by atoms with van der Waals surface area (Å²) in [7, 11) is 0. The minimum Gasteiger partial charge on any atom is -0.508 e. The van der Waals surface area contributed by atoms with Crippen LogP contribution in [0.2, 0.25) is 0 Å². The van der Waals surface area contributed by atoms with Crippen molar-refractivity contribution in [1.29, 1.82) is 0 Å². The van der Waals surface area contributed by atoms with Gasteiger partial charge in [0.15, 0.2) is 0 Å². The van der Waals surface area contributed by atoms with E-state index in [1.165, 1.54) is 36.4 Å². The Labute approximate surface area is 378 Å². The second-order valence-electron chi connectivity index (χ2n) is 15.5. The lowest BCUT2D eigenvalue weighted by atomic mass is 10.00. The lowest BCUT2D eigenvalue weighted by molar-refractivity contribution is -0.143. The van der Waals surface area contributed by atoms with E-state index < -0.39 is 127 Å². The van der Waals surface area contributed by atoms with Crippen LogP contribution in [0.15, 0.2) is 48.5 Å². The molecule has 7 atom stereocenters. The summed E-state index contributed by atoms with van der Waals surface area (Å²) in [5, 5.41) is 52.6. The molecule has 0 aromatic heterocycles. The number of hydrogen-bond acceptors (Lipinski definition) is 14. The first-order valence-corrected chi connectivity index (χ1v) is 20.9. The topological polar surface area (TPSA) is 402 Å². The molecule has 2 aromatic rings.